The van der Waals surface area contributed by atoms with E-state index < -0.39 is 30.7 Å². The fourth-order valence-electron chi connectivity index (χ4n) is 2.02. The fourth-order valence-corrected chi connectivity index (χ4v) is 2.02. The molecule has 7 nitrogen and oxygen atoms in total. The van der Waals surface area contributed by atoms with Crippen LogP contribution in [-0.2, 0) is 19.0 Å². The van der Waals surface area contributed by atoms with Gasteiger partial charge in [-0.1, -0.05) is 19.8 Å². The number of ether oxygens (including phenoxy) is 3. The van der Waals surface area contributed by atoms with E-state index in [0.717, 1.165) is 19.3 Å². The van der Waals surface area contributed by atoms with Crippen LogP contribution in [0, 0.1) is 0 Å². The molecule has 1 fully saturated rings. The molecule has 0 aliphatic carbocycles. The average molecular weight is 292 g/mol. The van der Waals surface area contributed by atoms with Crippen molar-refractivity contribution in [1.29, 1.82) is 0 Å². The molecule has 7 heteroatoms. The van der Waals surface area contributed by atoms with Gasteiger partial charge in [-0.15, -0.1) is 0 Å². The van der Waals surface area contributed by atoms with Crippen molar-refractivity contribution in [3.05, 3.63) is 0 Å². The van der Waals surface area contributed by atoms with E-state index in [0.29, 0.717) is 6.42 Å². The zero-order valence-corrected chi connectivity index (χ0v) is 11.9. The molecule has 0 aromatic rings. The van der Waals surface area contributed by atoms with E-state index in [4.69, 9.17) is 14.2 Å². The van der Waals surface area contributed by atoms with Crippen LogP contribution in [0.4, 0.5) is 0 Å². The van der Waals surface area contributed by atoms with Gasteiger partial charge < -0.3 is 29.5 Å². The number of aliphatic hydroxyl groups is 3. The van der Waals surface area contributed by atoms with Crippen molar-refractivity contribution in [2.24, 2.45) is 0 Å². The number of methoxy groups -OCH3 is 1. The molecule has 0 amide bonds. The van der Waals surface area contributed by atoms with Crippen LogP contribution in [0.15, 0.2) is 0 Å². The van der Waals surface area contributed by atoms with Crippen molar-refractivity contribution in [1.82, 2.24) is 0 Å². The molecule has 1 aliphatic rings. The van der Waals surface area contributed by atoms with Gasteiger partial charge in [0.25, 0.3) is 0 Å². The Bertz CT molecular complexity index is 294. The van der Waals surface area contributed by atoms with Gasteiger partial charge in [-0.2, -0.15) is 0 Å². The van der Waals surface area contributed by atoms with Crippen molar-refractivity contribution < 1.29 is 34.3 Å². The van der Waals surface area contributed by atoms with Gasteiger partial charge in [0.05, 0.1) is 0 Å². The summed E-state index contributed by atoms with van der Waals surface area (Å²) < 4.78 is 15.1. The summed E-state index contributed by atoms with van der Waals surface area (Å²) in [5.74, 6) is -0.371. The Labute approximate surface area is 118 Å². The first kappa shape index (κ1) is 17.3. The number of carbonyl (C=O) groups excluding carboxylic acids is 1. The molecule has 5 atom stereocenters. The van der Waals surface area contributed by atoms with Gasteiger partial charge in [-0.05, 0) is 6.42 Å². The molecule has 1 saturated heterocycles. The fraction of sp³-hybridized carbons (Fsp3) is 0.923. The average Bonchev–Trinajstić information content (AvgIpc) is 2.44. The SMILES string of the molecule is CCCCCC(=O)OC[C@H]1OC(OC)[C@H](O)[C@@H](O)[C@@H]1O. The highest BCUT2D eigenvalue weighted by molar-refractivity contribution is 5.69. The second kappa shape index (κ2) is 8.53. The van der Waals surface area contributed by atoms with E-state index in [1.165, 1.54) is 7.11 Å². The Balaban J connectivity index is 2.40. The van der Waals surface area contributed by atoms with Crippen molar-refractivity contribution >= 4 is 5.97 Å². The third kappa shape index (κ3) is 4.68. The zero-order chi connectivity index (χ0) is 15.1. The minimum absolute atomic E-state index is 0.185. The lowest BCUT2D eigenvalue weighted by Crippen LogP contribution is -2.59. The Morgan fingerprint density at radius 3 is 2.45 bits per heavy atom. The Morgan fingerprint density at radius 2 is 1.85 bits per heavy atom. The van der Waals surface area contributed by atoms with Crippen LogP contribution in [0.25, 0.3) is 0 Å². The third-order valence-corrected chi connectivity index (χ3v) is 3.29. The minimum Gasteiger partial charge on any atom is -0.463 e. The number of hydrogen-bond acceptors (Lipinski definition) is 7. The topological polar surface area (TPSA) is 105 Å². The quantitative estimate of drug-likeness (QED) is 0.431. The first-order chi connectivity index (χ1) is 9.51. The molecule has 1 unspecified atom stereocenters. The number of rotatable bonds is 7. The first-order valence-electron chi connectivity index (χ1n) is 6.89. The van der Waals surface area contributed by atoms with Crippen molar-refractivity contribution in [2.45, 2.75) is 63.3 Å². The second-order valence-electron chi connectivity index (χ2n) is 4.89. The van der Waals surface area contributed by atoms with Crippen LogP contribution < -0.4 is 0 Å². The van der Waals surface area contributed by atoms with Gasteiger partial charge in [0, 0.05) is 13.5 Å². The van der Waals surface area contributed by atoms with E-state index in [2.05, 4.69) is 0 Å². The summed E-state index contributed by atoms with van der Waals surface area (Å²) in [7, 11) is 1.31. The molecule has 0 aromatic heterocycles. The lowest BCUT2D eigenvalue weighted by molar-refractivity contribution is -0.295. The second-order valence-corrected chi connectivity index (χ2v) is 4.89. The summed E-state index contributed by atoms with van der Waals surface area (Å²) in [6.07, 6.45) is -3.03. The van der Waals surface area contributed by atoms with Crippen LogP contribution in [0.1, 0.15) is 32.6 Å². The summed E-state index contributed by atoms with van der Waals surface area (Å²) in [6, 6.07) is 0. The number of aliphatic hydroxyl groups excluding tert-OH is 3. The number of carbonyl (C=O) groups is 1. The smallest absolute Gasteiger partial charge is 0.305 e. The highest BCUT2D eigenvalue weighted by Gasteiger charge is 2.44. The molecule has 1 aliphatic heterocycles. The van der Waals surface area contributed by atoms with Crippen LogP contribution in [0.3, 0.4) is 0 Å². The molecule has 0 saturated carbocycles. The van der Waals surface area contributed by atoms with Gasteiger partial charge in [0.2, 0.25) is 0 Å². The number of hydrogen-bond donors (Lipinski definition) is 3. The van der Waals surface area contributed by atoms with Gasteiger partial charge in [-0.25, -0.2) is 0 Å². The van der Waals surface area contributed by atoms with Gasteiger partial charge in [0.1, 0.15) is 31.0 Å². The number of unbranched alkanes of at least 4 members (excludes halogenated alkanes) is 2. The summed E-state index contributed by atoms with van der Waals surface area (Å²) in [6.45, 7) is 1.85. The molecule has 1 rings (SSSR count). The van der Waals surface area contributed by atoms with Crippen LogP contribution in [0.2, 0.25) is 0 Å². The Morgan fingerprint density at radius 1 is 1.15 bits per heavy atom. The molecule has 118 valence electrons. The van der Waals surface area contributed by atoms with Crippen molar-refractivity contribution in [3.63, 3.8) is 0 Å². The third-order valence-electron chi connectivity index (χ3n) is 3.29. The molecular weight excluding hydrogens is 268 g/mol. The number of esters is 1. The maximum absolute atomic E-state index is 11.5. The molecule has 20 heavy (non-hydrogen) atoms. The summed E-state index contributed by atoms with van der Waals surface area (Å²) in [5.41, 5.74) is 0. The highest BCUT2D eigenvalue weighted by Crippen LogP contribution is 2.22. The van der Waals surface area contributed by atoms with E-state index in [1.807, 2.05) is 6.92 Å². The monoisotopic (exact) mass is 292 g/mol. The van der Waals surface area contributed by atoms with Crippen LogP contribution >= 0.6 is 0 Å². The summed E-state index contributed by atoms with van der Waals surface area (Å²) >= 11 is 0. The molecular formula is C13H24O7. The molecule has 3 N–H and O–H groups in total. The zero-order valence-electron chi connectivity index (χ0n) is 11.9. The maximum Gasteiger partial charge on any atom is 0.305 e. The van der Waals surface area contributed by atoms with Gasteiger partial charge in [0.15, 0.2) is 6.29 Å². The largest absolute Gasteiger partial charge is 0.463 e. The predicted octanol–water partition coefficient (Wildman–Crippen LogP) is -0.436. The summed E-state index contributed by atoms with van der Waals surface area (Å²) in [4.78, 5) is 11.5. The van der Waals surface area contributed by atoms with Crippen LogP contribution in [-0.4, -0.2) is 65.7 Å². The van der Waals surface area contributed by atoms with Gasteiger partial charge in [-0.3, -0.25) is 4.79 Å². The standard InChI is InChI=1S/C13H24O7/c1-3-4-5-6-9(14)19-7-8-10(15)11(16)12(17)13(18-2)20-8/h8,10-13,15-17H,3-7H2,1-2H3/t8-,10-,11+,12-,13?/m1/s1. The molecule has 0 aromatic carbocycles. The van der Waals surface area contributed by atoms with Crippen molar-refractivity contribution in [3.8, 4) is 0 Å². The van der Waals surface area contributed by atoms with Gasteiger partial charge >= 0.3 is 5.97 Å². The van der Waals surface area contributed by atoms with E-state index in [9.17, 15) is 20.1 Å². The predicted molar refractivity (Wildman–Crippen MR) is 68.8 cm³/mol. The summed E-state index contributed by atoms with van der Waals surface area (Å²) in [5, 5.41) is 29.0. The van der Waals surface area contributed by atoms with Crippen molar-refractivity contribution in [2.75, 3.05) is 13.7 Å². The Hall–Kier alpha value is -0.730. The highest BCUT2D eigenvalue weighted by atomic mass is 16.7. The van der Waals surface area contributed by atoms with Crippen LogP contribution in [0.5, 0.6) is 0 Å². The van der Waals surface area contributed by atoms with E-state index >= 15 is 0 Å². The lowest BCUT2D eigenvalue weighted by atomic mass is 9.99. The Kier molecular flexibility index (Phi) is 7.39. The minimum atomic E-state index is -1.41. The molecule has 1 heterocycles. The first-order valence-corrected chi connectivity index (χ1v) is 6.89. The normalized spacial score (nSPS) is 34.0. The molecule has 0 bridgehead atoms. The lowest BCUT2D eigenvalue weighted by Gasteiger charge is -2.39. The molecule has 0 spiro atoms. The maximum atomic E-state index is 11.5. The van der Waals surface area contributed by atoms with E-state index in [-0.39, 0.29) is 12.6 Å². The van der Waals surface area contributed by atoms with E-state index in [1.54, 1.807) is 0 Å². The molecule has 0 radical (unpaired) electrons.